The molecule has 2 fully saturated rings. The van der Waals surface area contributed by atoms with Gasteiger partial charge in [-0.1, -0.05) is 6.07 Å². The average Bonchev–Trinajstić information content (AvgIpc) is 2.97. The molecule has 1 aromatic heterocycles. The fraction of sp³-hybridized carbons (Fsp3) is 0.692. The minimum Gasteiger partial charge on any atom is -0.300 e. The van der Waals surface area contributed by atoms with E-state index in [1.807, 2.05) is 11.3 Å². The number of thiophene rings is 1. The topological polar surface area (TPSA) is 6.48 Å². The fourth-order valence-corrected chi connectivity index (χ4v) is 3.68. The minimum atomic E-state index is 0.872. The second kappa shape index (κ2) is 4.86. The van der Waals surface area contributed by atoms with E-state index in [1.54, 1.807) is 0 Å². The predicted octanol–water partition coefficient (Wildman–Crippen LogP) is 2.07. The SMILES string of the molecule is c1csc(CCN2CCN3CCCC3C2)c1. The quantitative estimate of drug-likeness (QED) is 0.793. The van der Waals surface area contributed by atoms with Crippen LogP contribution in [0.25, 0.3) is 0 Å². The number of hydrogen-bond acceptors (Lipinski definition) is 3. The molecular formula is C13H20N2S. The van der Waals surface area contributed by atoms with Crippen molar-refractivity contribution in [2.75, 3.05) is 32.7 Å². The van der Waals surface area contributed by atoms with E-state index < -0.39 is 0 Å². The summed E-state index contributed by atoms with van der Waals surface area (Å²) in [5.74, 6) is 0. The summed E-state index contributed by atoms with van der Waals surface area (Å²) < 4.78 is 0. The van der Waals surface area contributed by atoms with Gasteiger partial charge in [0.05, 0.1) is 0 Å². The van der Waals surface area contributed by atoms with Gasteiger partial charge in [-0.15, -0.1) is 11.3 Å². The molecule has 2 nitrogen and oxygen atoms in total. The van der Waals surface area contributed by atoms with E-state index in [2.05, 4.69) is 27.3 Å². The van der Waals surface area contributed by atoms with Gasteiger partial charge in [-0.05, 0) is 37.3 Å². The molecule has 0 amide bonds. The van der Waals surface area contributed by atoms with E-state index in [1.165, 1.54) is 56.9 Å². The van der Waals surface area contributed by atoms with Crippen molar-refractivity contribution in [1.82, 2.24) is 9.80 Å². The molecule has 2 saturated heterocycles. The standard InChI is InChI=1S/C13H20N2S/c1-3-12-11-14(8-9-15(12)6-1)7-5-13-4-2-10-16-13/h2,4,10,12H,1,3,5-9,11H2. The fourth-order valence-electron chi connectivity index (χ4n) is 2.98. The molecule has 1 aromatic rings. The molecule has 1 unspecified atom stereocenters. The molecule has 88 valence electrons. The second-order valence-corrected chi connectivity index (χ2v) is 5.99. The Morgan fingerprint density at radius 1 is 1.31 bits per heavy atom. The number of hydrogen-bond donors (Lipinski definition) is 0. The number of nitrogens with zero attached hydrogens (tertiary/aromatic N) is 2. The highest BCUT2D eigenvalue weighted by atomic mass is 32.1. The molecule has 16 heavy (non-hydrogen) atoms. The van der Waals surface area contributed by atoms with Crippen LogP contribution in [0.2, 0.25) is 0 Å². The summed E-state index contributed by atoms with van der Waals surface area (Å²) in [4.78, 5) is 6.88. The Kier molecular flexibility index (Phi) is 3.27. The van der Waals surface area contributed by atoms with Gasteiger partial charge in [-0.2, -0.15) is 0 Å². The third-order valence-electron chi connectivity index (χ3n) is 3.93. The van der Waals surface area contributed by atoms with Gasteiger partial charge in [-0.25, -0.2) is 0 Å². The largest absolute Gasteiger partial charge is 0.300 e. The van der Waals surface area contributed by atoms with Gasteiger partial charge in [-0.3, -0.25) is 4.90 Å². The summed E-state index contributed by atoms with van der Waals surface area (Å²) in [7, 11) is 0. The molecule has 3 heterocycles. The molecule has 0 aromatic carbocycles. The highest BCUT2D eigenvalue weighted by Crippen LogP contribution is 2.21. The number of fused-ring (bicyclic) bond motifs is 1. The van der Waals surface area contributed by atoms with Gasteiger partial charge in [0.25, 0.3) is 0 Å². The first-order chi connectivity index (χ1) is 7.92. The summed E-state index contributed by atoms with van der Waals surface area (Å²) in [5, 5.41) is 2.18. The third kappa shape index (κ3) is 2.31. The van der Waals surface area contributed by atoms with Crippen LogP contribution in [-0.2, 0) is 6.42 Å². The maximum Gasteiger partial charge on any atom is 0.0224 e. The Bertz CT molecular complexity index is 323. The van der Waals surface area contributed by atoms with E-state index in [0.717, 1.165) is 6.04 Å². The Hall–Kier alpha value is -0.380. The zero-order valence-electron chi connectivity index (χ0n) is 9.77. The van der Waals surface area contributed by atoms with E-state index >= 15 is 0 Å². The number of piperazine rings is 1. The summed E-state index contributed by atoms with van der Waals surface area (Å²) in [6.07, 6.45) is 4.09. The zero-order chi connectivity index (χ0) is 10.8. The van der Waals surface area contributed by atoms with Crippen LogP contribution in [0.3, 0.4) is 0 Å². The van der Waals surface area contributed by atoms with Crippen molar-refractivity contribution in [1.29, 1.82) is 0 Å². The van der Waals surface area contributed by atoms with Crippen molar-refractivity contribution in [2.45, 2.75) is 25.3 Å². The number of rotatable bonds is 3. The van der Waals surface area contributed by atoms with Crippen molar-refractivity contribution in [3.63, 3.8) is 0 Å². The first-order valence-corrected chi connectivity index (χ1v) is 7.28. The molecule has 2 aliphatic rings. The maximum atomic E-state index is 2.68. The van der Waals surface area contributed by atoms with Crippen molar-refractivity contribution >= 4 is 11.3 Å². The lowest BCUT2D eigenvalue weighted by Gasteiger charge is -2.37. The van der Waals surface area contributed by atoms with Gasteiger partial charge < -0.3 is 4.90 Å². The molecule has 0 spiro atoms. The Morgan fingerprint density at radius 3 is 3.19 bits per heavy atom. The van der Waals surface area contributed by atoms with Crippen LogP contribution in [0.1, 0.15) is 17.7 Å². The Labute approximate surface area is 102 Å². The van der Waals surface area contributed by atoms with E-state index in [0.29, 0.717) is 0 Å². The molecule has 1 atom stereocenters. The smallest absolute Gasteiger partial charge is 0.0224 e. The summed E-state index contributed by atoms with van der Waals surface area (Å²) >= 11 is 1.89. The molecule has 3 rings (SSSR count). The Balaban J connectivity index is 1.49. The van der Waals surface area contributed by atoms with Crippen molar-refractivity contribution in [3.8, 4) is 0 Å². The summed E-state index contributed by atoms with van der Waals surface area (Å²) in [6, 6.07) is 5.29. The lowest BCUT2D eigenvalue weighted by molar-refractivity contribution is 0.106. The first kappa shape index (κ1) is 10.8. The molecule has 3 heteroatoms. The molecule has 2 aliphatic heterocycles. The van der Waals surface area contributed by atoms with E-state index in [4.69, 9.17) is 0 Å². The highest BCUT2D eigenvalue weighted by Gasteiger charge is 2.29. The monoisotopic (exact) mass is 236 g/mol. The maximum absolute atomic E-state index is 2.68. The molecule has 0 N–H and O–H groups in total. The van der Waals surface area contributed by atoms with Crippen molar-refractivity contribution in [3.05, 3.63) is 22.4 Å². The minimum absolute atomic E-state index is 0.872. The van der Waals surface area contributed by atoms with Gasteiger partial charge in [0.1, 0.15) is 0 Å². The van der Waals surface area contributed by atoms with Crippen LogP contribution in [0.5, 0.6) is 0 Å². The van der Waals surface area contributed by atoms with E-state index in [-0.39, 0.29) is 0 Å². The third-order valence-corrected chi connectivity index (χ3v) is 4.86. The lowest BCUT2D eigenvalue weighted by Crippen LogP contribution is -2.50. The molecule has 0 saturated carbocycles. The Morgan fingerprint density at radius 2 is 2.31 bits per heavy atom. The van der Waals surface area contributed by atoms with Crippen molar-refractivity contribution in [2.24, 2.45) is 0 Å². The van der Waals surface area contributed by atoms with Gasteiger partial charge in [0, 0.05) is 37.1 Å². The molecule has 0 bridgehead atoms. The summed E-state index contributed by atoms with van der Waals surface area (Å²) in [6.45, 7) is 6.50. The molecule has 0 radical (unpaired) electrons. The van der Waals surface area contributed by atoms with Crippen LogP contribution in [0.15, 0.2) is 17.5 Å². The summed E-state index contributed by atoms with van der Waals surface area (Å²) in [5.41, 5.74) is 0. The normalized spacial score (nSPS) is 27.1. The second-order valence-electron chi connectivity index (χ2n) is 4.96. The average molecular weight is 236 g/mol. The lowest BCUT2D eigenvalue weighted by atomic mass is 10.1. The van der Waals surface area contributed by atoms with Gasteiger partial charge in [0.2, 0.25) is 0 Å². The van der Waals surface area contributed by atoms with Gasteiger partial charge in [0.15, 0.2) is 0 Å². The van der Waals surface area contributed by atoms with Crippen LogP contribution in [-0.4, -0.2) is 48.6 Å². The predicted molar refractivity (Wildman–Crippen MR) is 69.1 cm³/mol. The molecule has 0 aliphatic carbocycles. The highest BCUT2D eigenvalue weighted by molar-refractivity contribution is 7.09. The van der Waals surface area contributed by atoms with Crippen LogP contribution < -0.4 is 0 Å². The van der Waals surface area contributed by atoms with Crippen molar-refractivity contribution < 1.29 is 0 Å². The van der Waals surface area contributed by atoms with Crippen LogP contribution in [0.4, 0.5) is 0 Å². The van der Waals surface area contributed by atoms with Crippen LogP contribution in [0, 0.1) is 0 Å². The first-order valence-electron chi connectivity index (χ1n) is 6.40. The van der Waals surface area contributed by atoms with Crippen LogP contribution >= 0.6 is 11.3 Å². The molecular weight excluding hydrogens is 216 g/mol. The van der Waals surface area contributed by atoms with E-state index in [9.17, 15) is 0 Å². The zero-order valence-corrected chi connectivity index (χ0v) is 10.6. The van der Waals surface area contributed by atoms with Gasteiger partial charge >= 0.3 is 0 Å².